The first kappa shape index (κ1) is 11.0. The number of hydrogen-bond acceptors (Lipinski definition) is 2. The first-order chi connectivity index (χ1) is 6.43. The lowest BCUT2D eigenvalue weighted by Crippen LogP contribution is -2.18. The Kier molecular flexibility index (Phi) is 3.14. The molecule has 0 radical (unpaired) electrons. The van der Waals surface area contributed by atoms with Gasteiger partial charge >= 0.3 is 0 Å². The molecule has 78 valence electrons. The van der Waals surface area contributed by atoms with Crippen molar-refractivity contribution in [3.8, 4) is 0 Å². The zero-order chi connectivity index (χ0) is 10.8. The largest absolute Gasteiger partial charge is 0.491 e. The Morgan fingerprint density at radius 2 is 2.21 bits per heavy atom. The fraction of sp³-hybridized carbons (Fsp3) is 0.583. The molecule has 2 nitrogen and oxygen atoms in total. The number of carbonyl (C=O) groups is 1. The van der Waals surface area contributed by atoms with Gasteiger partial charge in [0.1, 0.15) is 11.9 Å². The van der Waals surface area contributed by atoms with Gasteiger partial charge < -0.3 is 4.74 Å². The van der Waals surface area contributed by atoms with E-state index in [9.17, 15) is 4.79 Å². The van der Waals surface area contributed by atoms with Crippen molar-refractivity contribution in [2.24, 2.45) is 5.41 Å². The quantitative estimate of drug-likeness (QED) is 0.499. The minimum absolute atomic E-state index is 0.0917. The second-order valence-electron chi connectivity index (χ2n) is 4.66. The molecule has 1 rings (SSSR count). The summed E-state index contributed by atoms with van der Waals surface area (Å²) in [4.78, 5) is 11.6. The Morgan fingerprint density at radius 3 is 2.64 bits per heavy atom. The topological polar surface area (TPSA) is 26.3 Å². The van der Waals surface area contributed by atoms with Gasteiger partial charge in [0.25, 0.3) is 0 Å². The van der Waals surface area contributed by atoms with Crippen LogP contribution in [0.5, 0.6) is 0 Å². The summed E-state index contributed by atoms with van der Waals surface area (Å²) in [5, 5.41) is 0. The molecule has 0 N–H and O–H groups in total. The van der Waals surface area contributed by atoms with Crippen molar-refractivity contribution in [1.29, 1.82) is 0 Å². The van der Waals surface area contributed by atoms with Crippen molar-refractivity contribution in [2.45, 2.75) is 39.7 Å². The number of hydrogen-bond donors (Lipinski definition) is 0. The molecule has 1 aliphatic heterocycles. The highest BCUT2D eigenvalue weighted by molar-refractivity contribution is 5.94. The fourth-order valence-corrected chi connectivity index (χ4v) is 1.23. The zero-order valence-corrected chi connectivity index (χ0v) is 9.17. The van der Waals surface area contributed by atoms with Crippen LogP contribution in [0.3, 0.4) is 0 Å². The van der Waals surface area contributed by atoms with Crippen LogP contribution in [0, 0.1) is 5.41 Å². The van der Waals surface area contributed by atoms with Crippen LogP contribution in [-0.4, -0.2) is 11.9 Å². The number of carbonyl (C=O) groups excluding carboxylic acids is 1. The van der Waals surface area contributed by atoms with Crippen molar-refractivity contribution in [3.63, 3.8) is 0 Å². The number of ketones is 1. The first-order valence-electron chi connectivity index (χ1n) is 4.97. The second kappa shape index (κ2) is 3.99. The third-order valence-electron chi connectivity index (χ3n) is 2.27. The van der Waals surface area contributed by atoms with Gasteiger partial charge in [-0.05, 0) is 6.42 Å². The summed E-state index contributed by atoms with van der Waals surface area (Å²) in [7, 11) is 0. The van der Waals surface area contributed by atoms with Crippen molar-refractivity contribution in [1.82, 2.24) is 0 Å². The molecule has 1 heterocycles. The molecule has 0 amide bonds. The van der Waals surface area contributed by atoms with E-state index in [4.69, 9.17) is 4.74 Å². The molecule has 0 bridgehead atoms. The van der Waals surface area contributed by atoms with Crippen LogP contribution in [0.15, 0.2) is 24.5 Å². The van der Waals surface area contributed by atoms with Crippen LogP contribution in [-0.2, 0) is 9.53 Å². The average Bonchev–Trinajstić information content (AvgIpc) is 2.50. The summed E-state index contributed by atoms with van der Waals surface area (Å²) in [6, 6.07) is 0. The molecule has 1 aliphatic rings. The van der Waals surface area contributed by atoms with Crippen LogP contribution in [0.1, 0.15) is 33.6 Å². The van der Waals surface area contributed by atoms with Gasteiger partial charge in [-0.2, -0.15) is 0 Å². The number of rotatable bonds is 2. The highest BCUT2D eigenvalue weighted by Gasteiger charge is 2.23. The van der Waals surface area contributed by atoms with E-state index in [1.165, 1.54) is 0 Å². The Balaban J connectivity index is 2.63. The maximum absolute atomic E-state index is 11.6. The molecule has 2 heteroatoms. The predicted molar refractivity (Wildman–Crippen MR) is 56.8 cm³/mol. The van der Waals surface area contributed by atoms with Crippen LogP contribution < -0.4 is 0 Å². The molecule has 1 saturated heterocycles. The van der Waals surface area contributed by atoms with E-state index < -0.39 is 0 Å². The summed E-state index contributed by atoms with van der Waals surface area (Å²) in [6.45, 7) is 9.40. The van der Waals surface area contributed by atoms with Gasteiger partial charge in [-0.25, -0.2) is 0 Å². The van der Waals surface area contributed by atoms with Crippen LogP contribution in [0.25, 0.3) is 0 Å². The van der Waals surface area contributed by atoms with Gasteiger partial charge in [-0.15, -0.1) is 0 Å². The Bertz CT molecular complexity index is 269. The Hall–Kier alpha value is -1.05. The van der Waals surface area contributed by atoms with Crippen LogP contribution >= 0.6 is 0 Å². The second-order valence-corrected chi connectivity index (χ2v) is 4.66. The highest BCUT2D eigenvalue weighted by atomic mass is 16.5. The van der Waals surface area contributed by atoms with E-state index >= 15 is 0 Å². The van der Waals surface area contributed by atoms with Gasteiger partial charge in [0.05, 0.1) is 0 Å². The molecular weight excluding hydrogens is 176 g/mol. The number of allylic oxidation sites excluding steroid dienone is 2. The first-order valence-corrected chi connectivity index (χ1v) is 4.97. The third-order valence-corrected chi connectivity index (χ3v) is 2.27. The van der Waals surface area contributed by atoms with Crippen molar-refractivity contribution < 1.29 is 9.53 Å². The minimum atomic E-state index is -0.317. The molecular formula is C12H18O2. The molecule has 0 spiro atoms. The summed E-state index contributed by atoms with van der Waals surface area (Å²) in [6.07, 6.45) is 5.28. The lowest BCUT2D eigenvalue weighted by Gasteiger charge is -2.14. The lowest BCUT2D eigenvalue weighted by atomic mass is 9.90. The number of ether oxygens (including phenoxy) is 1. The molecule has 0 aliphatic carbocycles. The molecule has 14 heavy (non-hydrogen) atoms. The van der Waals surface area contributed by atoms with E-state index in [1.54, 1.807) is 12.2 Å². The van der Waals surface area contributed by atoms with E-state index in [2.05, 4.69) is 6.58 Å². The van der Waals surface area contributed by atoms with Gasteiger partial charge in [-0.1, -0.05) is 33.4 Å². The molecule has 1 atom stereocenters. The van der Waals surface area contributed by atoms with Gasteiger partial charge in [0.15, 0.2) is 5.78 Å². The maximum atomic E-state index is 11.6. The molecule has 0 aromatic carbocycles. The molecule has 1 fully saturated rings. The average molecular weight is 194 g/mol. The zero-order valence-electron chi connectivity index (χ0n) is 9.17. The Labute approximate surface area is 85.6 Å². The fourth-order valence-electron chi connectivity index (χ4n) is 1.23. The SMILES string of the molecule is C=C[C@H]1CC/C(=C\C(=O)C(C)(C)C)O1. The monoisotopic (exact) mass is 194 g/mol. The van der Waals surface area contributed by atoms with E-state index in [-0.39, 0.29) is 17.3 Å². The van der Waals surface area contributed by atoms with E-state index in [1.807, 2.05) is 20.8 Å². The molecule has 0 aromatic rings. The van der Waals surface area contributed by atoms with Crippen LogP contribution in [0.2, 0.25) is 0 Å². The standard InChI is InChI=1S/C12H18O2/c1-5-9-6-7-10(14-9)8-11(13)12(2,3)4/h5,8-9H,1,6-7H2,2-4H3/b10-8+/t9-/m0/s1. The van der Waals surface area contributed by atoms with Gasteiger partial charge in [0, 0.05) is 17.9 Å². The molecule has 0 unspecified atom stereocenters. The van der Waals surface area contributed by atoms with Gasteiger partial charge in [-0.3, -0.25) is 4.79 Å². The van der Waals surface area contributed by atoms with Crippen molar-refractivity contribution in [2.75, 3.05) is 0 Å². The summed E-state index contributed by atoms with van der Waals surface area (Å²) in [5.74, 6) is 0.923. The Morgan fingerprint density at radius 1 is 1.57 bits per heavy atom. The molecule has 0 saturated carbocycles. The van der Waals surface area contributed by atoms with Gasteiger partial charge in [0.2, 0.25) is 0 Å². The molecule has 0 aromatic heterocycles. The van der Waals surface area contributed by atoms with E-state index in [0.29, 0.717) is 0 Å². The lowest BCUT2D eigenvalue weighted by molar-refractivity contribution is -0.121. The van der Waals surface area contributed by atoms with Crippen molar-refractivity contribution >= 4 is 5.78 Å². The van der Waals surface area contributed by atoms with Crippen LogP contribution in [0.4, 0.5) is 0 Å². The summed E-state index contributed by atoms with van der Waals surface area (Å²) in [5.41, 5.74) is -0.317. The summed E-state index contributed by atoms with van der Waals surface area (Å²) >= 11 is 0. The third kappa shape index (κ3) is 2.72. The normalized spacial score (nSPS) is 24.8. The minimum Gasteiger partial charge on any atom is -0.491 e. The summed E-state index contributed by atoms with van der Waals surface area (Å²) < 4.78 is 5.50. The van der Waals surface area contributed by atoms with E-state index in [0.717, 1.165) is 18.6 Å². The van der Waals surface area contributed by atoms with Crippen molar-refractivity contribution in [3.05, 3.63) is 24.5 Å². The smallest absolute Gasteiger partial charge is 0.164 e. The predicted octanol–water partition coefficient (Wildman–Crippen LogP) is 2.85. The highest BCUT2D eigenvalue weighted by Crippen LogP contribution is 2.25. The maximum Gasteiger partial charge on any atom is 0.164 e.